The van der Waals surface area contributed by atoms with E-state index in [4.69, 9.17) is 5.26 Å². The van der Waals surface area contributed by atoms with Crippen LogP contribution in [0.25, 0.3) is 0 Å². The molecule has 3 rings (SSSR count). The van der Waals surface area contributed by atoms with Crippen LogP contribution in [0.4, 0.5) is 0 Å². The average molecular weight is 311 g/mol. The molecule has 2 aromatic rings. The zero-order valence-corrected chi connectivity index (χ0v) is 13.2. The summed E-state index contributed by atoms with van der Waals surface area (Å²) in [6.07, 6.45) is 1.58. The number of H-pyrrole nitrogens is 1. The molecule has 1 amide bonds. The number of nitrogens with one attached hydrogen (secondary N) is 1. The lowest BCUT2D eigenvalue weighted by atomic mass is 10.0. The Labute approximate surface area is 134 Å². The fourth-order valence-corrected chi connectivity index (χ4v) is 3.74. The van der Waals surface area contributed by atoms with Crippen molar-refractivity contribution in [3.63, 3.8) is 0 Å². The monoisotopic (exact) mass is 311 g/mol. The first kappa shape index (κ1) is 14.7. The van der Waals surface area contributed by atoms with Crippen molar-refractivity contribution < 1.29 is 4.79 Å². The van der Waals surface area contributed by atoms with Gasteiger partial charge >= 0.3 is 0 Å². The van der Waals surface area contributed by atoms with Gasteiger partial charge in [-0.1, -0.05) is 29.8 Å². The van der Waals surface area contributed by atoms with E-state index in [0.717, 1.165) is 18.1 Å². The van der Waals surface area contributed by atoms with E-state index in [1.165, 1.54) is 11.1 Å². The van der Waals surface area contributed by atoms with Gasteiger partial charge in [-0.05, 0) is 18.6 Å². The van der Waals surface area contributed by atoms with E-state index in [-0.39, 0.29) is 11.9 Å². The lowest BCUT2D eigenvalue weighted by Crippen LogP contribution is -2.40. The van der Waals surface area contributed by atoms with Crippen LogP contribution in [0.1, 0.15) is 33.2 Å². The fourth-order valence-electron chi connectivity index (χ4n) is 2.65. The number of amides is 1. The molecule has 4 nitrogen and oxygen atoms in total. The molecule has 0 saturated carbocycles. The third kappa shape index (κ3) is 2.88. The van der Waals surface area contributed by atoms with Crippen molar-refractivity contribution in [1.82, 2.24) is 9.88 Å². The number of benzene rings is 1. The van der Waals surface area contributed by atoms with Crippen molar-refractivity contribution >= 4 is 17.7 Å². The van der Waals surface area contributed by atoms with Gasteiger partial charge in [0.15, 0.2) is 0 Å². The second-order valence-electron chi connectivity index (χ2n) is 5.41. The van der Waals surface area contributed by atoms with Crippen molar-refractivity contribution in [2.75, 3.05) is 18.1 Å². The number of hydrogen-bond acceptors (Lipinski definition) is 3. The first-order valence-corrected chi connectivity index (χ1v) is 8.38. The third-order valence-electron chi connectivity index (χ3n) is 3.89. The highest BCUT2D eigenvalue weighted by Gasteiger charge is 2.29. The second-order valence-corrected chi connectivity index (χ2v) is 6.56. The number of carbonyl (C=O) groups is 1. The highest BCUT2D eigenvalue weighted by atomic mass is 32.2. The molecule has 1 fully saturated rings. The van der Waals surface area contributed by atoms with E-state index in [1.54, 1.807) is 12.3 Å². The van der Waals surface area contributed by atoms with Crippen LogP contribution in [-0.4, -0.2) is 33.8 Å². The van der Waals surface area contributed by atoms with Crippen LogP contribution in [0.5, 0.6) is 0 Å². The molecule has 1 saturated heterocycles. The maximum Gasteiger partial charge on any atom is 0.270 e. The molecular weight excluding hydrogens is 294 g/mol. The average Bonchev–Trinajstić information content (AvgIpc) is 3.04. The Morgan fingerprint density at radius 2 is 2.18 bits per heavy atom. The Kier molecular flexibility index (Phi) is 4.21. The Bertz CT molecular complexity index is 714. The minimum absolute atomic E-state index is 0.0348. The van der Waals surface area contributed by atoms with Crippen LogP contribution in [0.3, 0.4) is 0 Å². The number of thioether (sulfide) groups is 1. The highest BCUT2D eigenvalue weighted by molar-refractivity contribution is 7.99. The minimum Gasteiger partial charge on any atom is -0.356 e. The van der Waals surface area contributed by atoms with Crippen LogP contribution >= 0.6 is 11.8 Å². The molecule has 1 aromatic carbocycles. The lowest BCUT2D eigenvalue weighted by Gasteiger charge is -2.35. The summed E-state index contributed by atoms with van der Waals surface area (Å²) in [6, 6.07) is 12.1. The maximum atomic E-state index is 12.8. The van der Waals surface area contributed by atoms with E-state index in [0.29, 0.717) is 11.3 Å². The smallest absolute Gasteiger partial charge is 0.270 e. The molecule has 1 unspecified atom stereocenters. The predicted molar refractivity (Wildman–Crippen MR) is 87.8 cm³/mol. The fraction of sp³-hybridized carbons (Fsp3) is 0.294. The van der Waals surface area contributed by atoms with Gasteiger partial charge in [-0.2, -0.15) is 17.0 Å². The van der Waals surface area contributed by atoms with Crippen LogP contribution < -0.4 is 0 Å². The topological polar surface area (TPSA) is 59.9 Å². The van der Waals surface area contributed by atoms with Crippen LogP contribution in [0.15, 0.2) is 36.5 Å². The van der Waals surface area contributed by atoms with Crippen molar-refractivity contribution in [3.8, 4) is 6.07 Å². The Morgan fingerprint density at radius 1 is 1.41 bits per heavy atom. The normalized spacial score (nSPS) is 18.0. The Hall–Kier alpha value is -2.19. The van der Waals surface area contributed by atoms with Crippen molar-refractivity contribution in [2.24, 2.45) is 0 Å². The van der Waals surface area contributed by atoms with Gasteiger partial charge in [0, 0.05) is 24.2 Å². The van der Waals surface area contributed by atoms with Gasteiger partial charge in [0.1, 0.15) is 11.8 Å². The molecule has 112 valence electrons. The van der Waals surface area contributed by atoms with Crippen molar-refractivity contribution in [2.45, 2.75) is 13.0 Å². The summed E-state index contributed by atoms with van der Waals surface area (Å²) < 4.78 is 0. The molecule has 0 radical (unpaired) electrons. The molecule has 0 spiro atoms. The highest BCUT2D eigenvalue weighted by Crippen LogP contribution is 2.30. The summed E-state index contributed by atoms with van der Waals surface area (Å²) in [5, 5.41) is 8.90. The Morgan fingerprint density at radius 3 is 2.86 bits per heavy atom. The first-order valence-electron chi connectivity index (χ1n) is 7.23. The molecule has 5 heteroatoms. The van der Waals surface area contributed by atoms with E-state index in [2.05, 4.69) is 36.2 Å². The van der Waals surface area contributed by atoms with Gasteiger partial charge in [-0.3, -0.25) is 4.79 Å². The number of rotatable bonds is 2. The molecule has 0 bridgehead atoms. The van der Waals surface area contributed by atoms with Crippen molar-refractivity contribution in [1.29, 1.82) is 5.26 Å². The molecule has 0 aliphatic carbocycles. The third-order valence-corrected chi connectivity index (χ3v) is 4.92. The molecule has 1 aromatic heterocycles. The SMILES string of the molecule is Cc1ccc(C2CSCCN2C(=O)c2cc(C#N)c[nH]2)cc1. The van der Waals surface area contributed by atoms with Gasteiger partial charge in [0.05, 0.1) is 11.6 Å². The number of aromatic nitrogens is 1. The second kappa shape index (κ2) is 6.29. The van der Waals surface area contributed by atoms with E-state index >= 15 is 0 Å². The summed E-state index contributed by atoms with van der Waals surface area (Å²) in [5.41, 5.74) is 3.36. The van der Waals surface area contributed by atoms with E-state index in [1.807, 2.05) is 22.7 Å². The van der Waals surface area contributed by atoms with Gasteiger partial charge in [-0.25, -0.2) is 0 Å². The van der Waals surface area contributed by atoms with Gasteiger partial charge < -0.3 is 9.88 Å². The molecule has 1 aliphatic heterocycles. The van der Waals surface area contributed by atoms with Crippen LogP contribution in [0.2, 0.25) is 0 Å². The molecule has 2 heterocycles. The molecule has 1 atom stereocenters. The molecule has 22 heavy (non-hydrogen) atoms. The van der Waals surface area contributed by atoms with E-state index < -0.39 is 0 Å². The maximum absolute atomic E-state index is 12.8. The number of nitriles is 1. The van der Waals surface area contributed by atoms with Gasteiger partial charge in [0.25, 0.3) is 5.91 Å². The van der Waals surface area contributed by atoms with Crippen LogP contribution in [-0.2, 0) is 0 Å². The molecule has 1 N–H and O–H groups in total. The zero-order chi connectivity index (χ0) is 15.5. The summed E-state index contributed by atoms with van der Waals surface area (Å²) in [7, 11) is 0. The predicted octanol–water partition coefficient (Wildman–Crippen LogP) is 3.13. The number of aryl methyl sites for hydroxylation is 1. The summed E-state index contributed by atoms with van der Waals surface area (Å²) in [4.78, 5) is 17.6. The largest absolute Gasteiger partial charge is 0.356 e. The summed E-state index contributed by atoms with van der Waals surface area (Å²) >= 11 is 1.87. The van der Waals surface area contributed by atoms with Gasteiger partial charge in [-0.15, -0.1) is 0 Å². The number of nitrogens with zero attached hydrogens (tertiary/aromatic N) is 2. The van der Waals surface area contributed by atoms with Gasteiger partial charge in [0.2, 0.25) is 0 Å². The first-order chi connectivity index (χ1) is 10.7. The summed E-state index contributed by atoms with van der Waals surface area (Å²) in [5.74, 6) is 1.81. The van der Waals surface area contributed by atoms with E-state index in [9.17, 15) is 4.79 Å². The zero-order valence-electron chi connectivity index (χ0n) is 12.4. The molecular formula is C17H17N3OS. The quantitative estimate of drug-likeness (QED) is 0.927. The number of hydrogen-bond donors (Lipinski definition) is 1. The number of carbonyl (C=O) groups excluding carboxylic acids is 1. The minimum atomic E-state index is -0.0348. The van der Waals surface area contributed by atoms with Crippen molar-refractivity contribution in [3.05, 3.63) is 58.9 Å². The lowest BCUT2D eigenvalue weighted by molar-refractivity contribution is 0.0696. The Balaban J connectivity index is 1.87. The molecule has 1 aliphatic rings. The number of aromatic amines is 1. The summed E-state index contributed by atoms with van der Waals surface area (Å²) in [6.45, 7) is 2.79. The van der Waals surface area contributed by atoms with Crippen LogP contribution in [0, 0.1) is 18.3 Å². The standard InChI is InChI=1S/C17H17N3OS/c1-12-2-4-14(5-3-12)16-11-22-7-6-20(16)17(21)15-8-13(9-18)10-19-15/h2-5,8,10,16,19H,6-7,11H2,1H3.